The van der Waals surface area contributed by atoms with Crippen molar-refractivity contribution in [3.63, 3.8) is 0 Å². The molecular formula is C22H29N5O3S. The van der Waals surface area contributed by atoms with E-state index in [2.05, 4.69) is 26.1 Å². The smallest absolute Gasteiger partial charge is 0.307 e. The number of nitrogens with zero attached hydrogens (tertiary/aromatic N) is 3. The molecule has 2 N–H and O–H groups in total. The van der Waals surface area contributed by atoms with E-state index in [9.17, 15) is 13.2 Å². The number of aromatic nitrogens is 2. The zero-order chi connectivity index (χ0) is 22.0. The van der Waals surface area contributed by atoms with Gasteiger partial charge < -0.3 is 5.32 Å². The number of fused-ring (bicyclic) bond motifs is 2. The fourth-order valence-electron chi connectivity index (χ4n) is 5.34. The van der Waals surface area contributed by atoms with Gasteiger partial charge in [0.05, 0.1) is 11.2 Å². The third kappa shape index (κ3) is 3.34. The lowest BCUT2D eigenvalue weighted by molar-refractivity contribution is 0.256. The average molecular weight is 444 g/mol. The fraction of sp³-hybridized carbons (Fsp3) is 0.545. The van der Waals surface area contributed by atoms with E-state index in [1.165, 1.54) is 11.1 Å². The number of nitrogens with one attached hydrogen (secondary N) is 2. The quantitative estimate of drug-likeness (QED) is 0.740. The second kappa shape index (κ2) is 7.06. The molecule has 1 aromatic heterocycles. The molecule has 3 aliphatic rings. The normalized spacial score (nSPS) is 18.7. The van der Waals surface area contributed by atoms with Crippen LogP contribution in [-0.4, -0.2) is 43.2 Å². The van der Waals surface area contributed by atoms with Gasteiger partial charge in [0.2, 0.25) is 0 Å². The van der Waals surface area contributed by atoms with E-state index in [1.54, 1.807) is 17.8 Å². The molecule has 0 saturated heterocycles. The molecule has 3 aliphatic carbocycles. The number of sulfonamides is 1. The lowest BCUT2D eigenvalue weighted by Gasteiger charge is -2.23. The van der Waals surface area contributed by atoms with Gasteiger partial charge in [-0.2, -0.15) is 13.5 Å². The van der Waals surface area contributed by atoms with Crippen molar-refractivity contribution in [2.24, 2.45) is 7.05 Å². The highest BCUT2D eigenvalue weighted by molar-refractivity contribution is 7.90. The van der Waals surface area contributed by atoms with Crippen LogP contribution in [-0.2, 0) is 48.3 Å². The van der Waals surface area contributed by atoms with Crippen molar-refractivity contribution in [3.05, 3.63) is 40.1 Å². The van der Waals surface area contributed by atoms with E-state index in [0.717, 1.165) is 73.9 Å². The van der Waals surface area contributed by atoms with Gasteiger partial charge in [0.1, 0.15) is 0 Å². The van der Waals surface area contributed by atoms with Gasteiger partial charge in [-0.1, -0.05) is 6.07 Å². The number of amides is 2. The van der Waals surface area contributed by atoms with Crippen LogP contribution in [0.25, 0.3) is 0 Å². The van der Waals surface area contributed by atoms with Crippen LogP contribution in [0.3, 0.4) is 0 Å². The second-order valence-corrected chi connectivity index (χ2v) is 10.8. The Morgan fingerprint density at radius 3 is 2.23 bits per heavy atom. The highest BCUT2D eigenvalue weighted by atomic mass is 32.2. The summed E-state index contributed by atoms with van der Waals surface area (Å²) in [5.41, 5.74) is 6.38. The summed E-state index contributed by atoms with van der Waals surface area (Å²) in [4.78, 5) is 14.9. The van der Waals surface area contributed by atoms with Gasteiger partial charge in [-0.15, -0.1) is 0 Å². The lowest BCUT2D eigenvalue weighted by atomic mass is 9.99. The van der Waals surface area contributed by atoms with Crippen LogP contribution in [0.1, 0.15) is 53.6 Å². The molecule has 1 saturated carbocycles. The van der Waals surface area contributed by atoms with Gasteiger partial charge in [-0.3, -0.25) is 9.58 Å². The van der Waals surface area contributed by atoms with E-state index in [0.29, 0.717) is 0 Å². The molecule has 0 unspecified atom stereocenters. The average Bonchev–Trinajstić information content (AvgIpc) is 3.05. The Labute approximate surface area is 183 Å². The largest absolute Gasteiger partial charge is 0.333 e. The first-order valence-electron chi connectivity index (χ1n) is 10.9. The Kier molecular flexibility index (Phi) is 4.67. The summed E-state index contributed by atoms with van der Waals surface area (Å²) in [6.07, 6.45) is 7.91. The van der Waals surface area contributed by atoms with Crippen molar-refractivity contribution < 1.29 is 13.2 Å². The number of hydrogen-bond acceptors (Lipinski definition) is 5. The number of carbonyl (C=O) groups excluding carboxylic acids is 1. The fourth-order valence-corrected chi connectivity index (χ4v) is 6.24. The van der Waals surface area contributed by atoms with Crippen LogP contribution in [0.5, 0.6) is 0 Å². The van der Waals surface area contributed by atoms with Crippen molar-refractivity contribution in [1.29, 1.82) is 0 Å². The molecule has 0 bridgehead atoms. The predicted octanol–water partition coefficient (Wildman–Crippen LogP) is 2.46. The van der Waals surface area contributed by atoms with Gasteiger partial charge >= 0.3 is 6.03 Å². The molecule has 31 heavy (non-hydrogen) atoms. The first-order chi connectivity index (χ1) is 14.7. The summed E-state index contributed by atoms with van der Waals surface area (Å²) in [5, 5.41) is 6.96. The Balaban J connectivity index is 1.39. The number of carbonyl (C=O) groups is 1. The molecule has 8 nitrogen and oxygen atoms in total. The monoisotopic (exact) mass is 443 g/mol. The van der Waals surface area contributed by atoms with Crippen molar-refractivity contribution in [1.82, 2.24) is 19.4 Å². The Morgan fingerprint density at radius 1 is 1.06 bits per heavy atom. The number of benzene rings is 1. The molecule has 1 fully saturated rings. The van der Waals surface area contributed by atoms with Crippen molar-refractivity contribution >= 4 is 21.7 Å². The molecular weight excluding hydrogens is 414 g/mol. The van der Waals surface area contributed by atoms with Crippen molar-refractivity contribution in [2.45, 2.75) is 61.9 Å². The molecule has 2 amide bonds. The molecule has 1 aromatic carbocycles. The molecule has 1 heterocycles. The first kappa shape index (κ1) is 20.5. The predicted molar refractivity (Wildman–Crippen MR) is 118 cm³/mol. The van der Waals surface area contributed by atoms with Crippen molar-refractivity contribution in [3.8, 4) is 0 Å². The van der Waals surface area contributed by atoms with E-state index in [1.807, 2.05) is 14.1 Å². The summed E-state index contributed by atoms with van der Waals surface area (Å²) < 4.78 is 29.6. The van der Waals surface area contributed by atoms with E-state index < -0.39 is 16.1 Å². The highest BCUT2D eigenvalue weighted by Crippen LogP contribution is 2.49. The van der Waals surface area contributed by atoms with Crippen molar-refractivity contribution in [2.75, 3.05) is 19.4 Å². The molecule has 0 aliphatic heterocycles. The molecule has 0 atom stereocenters. The van der Waals surface area contributed by atoms with Gasteiger partial charge in [-0.25, -0.2) is 9.52 Å². The maximum atomic E-state index is 12.9. The molecule has 0 spiro atoms. The van der Waals surface area contributed by atoms with Crippen LogP contribution in [0.4, 0.5) is 10.5 Å². The number of anilines is 1. The van der Waals surface area contributed by atoms with Gasteiger partial charge in [0.15, 0.2) is 5.03 Å². The third-order valence-electron chi connectivity index (χ3n) is 7.13. The van der Waals surface area contributed by atoms with Crippen LogP contribution < -0.4 is 10.0 Å². The number of urea groups is 1. The van der Waals surface area contributed by atoms with Gasteiger partial charge in [0, 0.05) is 18.8 Å². The zero-order valence-corrected chi connectivity index (χ0v) is 19.1. The summed E-state index contributed by atoms with van der Waals surface area (Å²) in [7, 11) is 1.63. The maximum Gasteiger partial charge on any atom is 0.333 e. The number of aryl methyl sites for hydroxylation is 3. The molecule has 166 valence electrons. The number of hydrogen-bond donors (Lipinski definition) is 2. The molecule has 5 rings (SSSR count). The number of rotatable bonds is 5. The zero-order valence-electron chi connectivity index (χ0n) is 18.3. The summed E-state index contributed by atoms with van der Waals surface area (Å²) in [6, 6.07) is 3.13. The Hall–Kier alpha value is -2.39. The highest BCUT2D eigenvalue weighted by Gasteiger charge is 2.49. The summed E-state index contributed by atoms with van der Waals surface area (Å²) in [6.45, 7) is 0. The summed E-state index contributed by atoms with van der Waals surface area (Å²) >= 11 is 0. The maximum absolute atomic E-state index is 12.9. The topological polar surface area (TPSA) is 96.3 Å². The van der Waals surface area contributed by atoms with Gasteiger partial charge in [0.25, 0.3) is 10.0 Å². The van der Waals surface area contributed by atoms with Crippen LogP contribution in [0, 0.1) is 0 Å². The lowest BCUT2D eigenvalue weighted by Crippen LogP contribution is -2.35. The van der Waals surface area contributed by atoms with Crippen LogP contribution in [0.15, 0.2) is 17.2 Å². The van der Waals surface area contributed by atoms with Crippen LogP contribution >= 0.6 is 0 Å². The minimum atomic E-state index is -4.08. The minimum absolute atomic E-state index is 0.128. The Morgan fingerprint density at radius 2 is 1.68 bits per heavy atom. The molecule has 9 heteroatoms. The SMILES string of the molecule is CN(C)C1(c2cc(S(=O)(=O)NC(=O)Nc3c4c(cc5c3CCC5)CCC4)nn2C)CC1. The third-order valence-corrected chi connectivity index (χ3v) is 8.33. The van der Waals surface area contributed by atoms with E-state index in [4.69, 9.17) is 0 Å². The second-order valence-electron chi connectivity index (χ2n) is 9.21. The molecule has 2 aromatic rings. The molecule has 0 radical (unpaired) electrons. The van der Waals surface area contributed by atoms with Gasteiger partial charge in [-0.05, 0) is 87.7 Å². The summed E-state index contributed by atoms with van der Waals surface area (Å²) in [5.74, 6) is 0. The van der Waals surface area contributed by atoms with Crippen LogP contribution in [0.2, 0.25) is 0 Å². The van der Waals surface area contributed by atoms with E-state index >= 15 is 0 Å². The van der Waals surface area contributed by atoms with E-state index in [-0.39, 0.29) is 10.6 Å². The first-order valence-corrected chi connectivity index (χ1v) is 12.4. The minimum Gasteiger partial charge on any atom is -0.307 e. The standard InChI is InChI=1S/C22H29N5O3S/c1-26(2)22(10-11-22)18-13-19(24-27(18)3)31(29,30)25-21(28)23-20-16-8-4-6-14(16)12-15-7-5-9-17(15)20/h12-13H,4-11H2,1-3H3,(H2,23,25,28). The Bertz CT molecular complexity index is 1150.